The molecular formula is C22H27N3O. The number of benzene rings is 1. The first kappa shape index (κ1) is 17.2. The molecule has 4 heteroatoms. The van der Waals surface area contributed by atoms with Crippen molar-refractivity contribution in [3.05, 3.63) is 65.5 Å². The van der Waals surface area contributed by atoms with Crippen molar-refractivity contribution in [2.24, 2.45) is 5.92 Å². The Morgan fingerprint density at radius 3 is 2.81 bits per heavy atom. The van der Waals surface area contributed by atoms with E-state index in [1.165, 1.54) is 18.4 Å². The number of nitrogens with one attached hydrogen (secondary N) is 1. The molecule has 0 bridgehead atoms. The SMILES string of the molecule is O=C(c1cccc(CC2CCNCC2)c1)N1CCC[C@@H]1c1ccccn1. The standard InChI is InChI=1S/C22H27N3O/c26-22(25-14-4-8-21(25)20-7-1-2-11-24-20)19-6-3-5-18(16-19)15-17-9-12-23-13-10-17/h1-3,5-7,11,16-17,21,23H,4,8-10,12-15H2/t21-/m1/s1. The number of hydrogen-bond donors (Lipinski definition) is 1. The van der Waals surface area contributed by atoms with Gasteiger partial charge in [0.1, 0.15) is 0 Å². The second-order valence-corrected chi connectivity index (χ2v) is 7.51. The smallest absolute Gasteiger partial charge is 0.254 e. The number of carbonyl (C=O) groups is 1. The Kier molecular flexibility index (Phi) is 5.30. The first-order valence-electron chi connectivity index (χ1n) is 9.83. The highest BCUT2D eigenvalue weighted by molar-refractivity contribution is 5.94. The predicted molar refractivity (Wildman–Crippen MR) is 103 cm³/mol. The van der Waals surface area contributed by atoms with E-state index in [4.69, 9.17) is 0 Å². The molecule has 2 saturated heterocycles. The first-order valence-corrected chi connectivity index (χ1v) is 9.83. The summed E-state index contributed by atoms with van der Waals surface area (Å²) in [4.78, 5) is 19.7. The van der Waals surface area contributed by atoms with Gasteiger partial charge in [-0.3, -0.25) is 9.78 Å². The highest BCUT2D eigenvalue weighted by Crippen LogP contribution is 2.32. The Balaban J connectivity index is 1.49. The molecule has 0 aliphatic carbocycles. The molecule has 2 aliphatic rings. The zero-order chi connectivity index (χ0) is 17.8. The zero-order valence-electron chi connectivity index (χ0n) is 15.2. The zero-order valence-corrected chi connectivity index (χ0v) is 15.2. The van der Waals surface area contributed by atoms with Gasteiger partial charge in [0.05, 0.1) is 11.7 Å². The number of carbonyl (C=O) groups excluding carboxylic acids is 1. The summed E-state index contributed by atoms with van der Waals surface area (Å²) >= 11 is 0. The first-order chi connectivity index (χ1) is 12.8. The average Bonchev–Trinajstić information content (AvgIpc) is 3.19. The fraction of sp³-hybridized carbons (Fsp3) is 0.455. The van der Waals surface area contributed by atoms with Gasteiger partial charge in [0.25, 0.3) is 5.91 Å². The third-order valence-electron chi connectivity index (χ3n) is 5.70. The van der Waals surface area contributed by atoms with Crippen LogP contribution in [0.2, 0.25) is 0 Å². The van der Waals surface area contributed by atoms with E-state index in [1.807, 2.05) is 41.4 Å². The maximum absolute atomic E-state index is 13.2. The van der Waals surface area contributed by atoms with Crippen LogP contribution in [0.25, 0.3) is 0 Å². The van der Waals surface area contributed by atoms with Crippen molar-refractivity contribution in [2.45, 2.75) is 38.1 Å². The summed E-state index contributed by atoms with van der Waals surface area (Å²) in [5.41, 5.74) is 3.11. The van der Waals surface area contributed by atoms with Crippen LogP contribution in [0.4, 0.5) is 0 Å². The molecule has 0 unspecified atom stereocenters. The molecule has 4 nitrogen and oxygen atoms in total. The van der Waals surface area contributed by atoms with Gasteiger partial charge < -0.3 is 10.2 Å². The molecule has 1 atom stereocenters. The van der Waals surface area contributed by atoms with Crippen LogP contribution >= 0.6 is 0 Å². The molecule has 136 valence electrons. The molecular weight excluding hydrogens is 322 g/mol. The van der Waals surface area contributed by atoms with Crippen molar-refractivity contribution in [3.63, 3.8) is 0 Å². The van der Waals surface area contributed by atoms with Crippen molar-refractivity contribution in [3.8, 4) is 0 Å². The summed E-state index contributed by atoms with van der Waals surface area (Å²) in [6.07, 6.45) is 7.39. The molecule has 4 rings (SSSR count). The molecule has 0 saturated carbocycles. The van der Waals surface area contributed by atoms with E-state index >= 15 is 0 Å². The van der Waals surface area contributed by atoms with Gasteiger partial charge in [0.15, 0.2) is 0 Å². The Morgan fingerprint density at radius 2 is 2.00 bits per heavy atom. The summed E-state index contributed by atoms with van der Waals surface area (Å²) in [6, 6.07) is 14.3. The third-order valence-corrected chi connectivity index (χ3v) is 5.70. The van der Waals surface area contributed by atoms with Gasteiger partial charge in [-0.25, -0.2) is 0 Å². The Labute approximate surface area is 155 Å². The lowest BCUT2D eigenvalue weighted by Gasteiger charge is -2.25. The van der Waals surface area contributed by atoms with Crippen molar-refractivity contribution < 1.29 is 4.79 Å². The monoisotopic (exact) mass is 349 g/mol. The molecule has 0 spiro atoms. The highest BCUT2D eigenvalue weighted by atomic mass is 16.2. The van der Waals surface area contributed by atoms with Crippen molar-refractivity contribution in [1.29, 1.82) is 0 Å². The fourth-order valence-electron chi connectivity index (χ4n) is 4.31. The molecule has 2 aliphatic heterocycles. The lowest BCUT2D eigenvalue weighted by Crippen LogP contribution is -2.31. The highest BCUT2D eigenvalue weighted by Gasteiger charge is 2.31. The van der Waals surface area contributed by atoms with Crippen LogP contribution in [-0.2, 0) is 6.42 Å². The maximum Gasteiger partial charge on any atom is 0.254 e. The number of likely N-dealkylation sites (tertiary alicyclic amines) is 1. The Bertz CT molecular complexity index is 740. The number of aromatic nitrogens is 1. The number of piperidine rings is 1. The minimum Gasteiger partial charge on any atom is -0.330 e. The topological polar surface area (TPSA) is 45.2 Å². The second-order valence-electron chi connectivity index (χ2n) is 7.51. The van der Waals surface area contributed by atoms with Crippen LogP contribution in [0.15, 0.2) is 48.7 Å². The van der Waals surface area contributed by atoms with Gasteiger partial charge in [0, 0.05) is 18.3 Å². The summed E-state index contributed by atoms with van der Waals surface area (Å²) < 4.78 is 0. The fourth-order valence-corrected chi connectivity index (χ4v) is 4.31. The molecule has 26 heavy (non-hydrogen) atoms. The average molecular weight is 349 g/mol. The van der Waals surface area contributed by atoms with E-state index in [2.05, 4.69) is 22.4 Å². The van der Waals surface area contributed by atoms with Crippen molar-refractivity contribution >= 4 is 5.91 Å². The van der Waals surface area contributed by atoms with E-state index in [-0.39, 0.29) is 11.9 Å². The quantitative estimate of drug-likeness (QED) is 0.917. The third kappa shape index (κ3) is 3.80. The Morgan fingerprint density at radius 1 is 1.12 bits per heavy atom. The lowest BCUT2D eigenvalue weighted by atomic mass is 9.90. The molecule has 2 aromatic rings. The molecule has 1 amide bonds. The summed E-state index contributed by atoms with van der Waals surface area (Å²) in [5, 5.41) is 3.42. The van der Waals surface area contributed by atoms with E-state index in [0.717, 1.165) is 56.1 Å². The van der Waals surface area contributed by atoms with Crippen molar-refractivity contribution in [1.82, 2.24) is 15.2 Å². The van der Waals surface area contributed by atoms with Gasteiger partial charge >= 0.3 is 0 Å². The predicted octanol–water partition coefficient (Wildman–Crippen LogP) is 3.60. The van der Waals surface area contributed by atoms with Gasteiger partial charge in [0.2, 0.25) is 0 Å². The van der Waals surface area contributed by atoms with Crippen molar-refractivity contribution in [2.75, 3.05) is 19.6 Å². The van der Waals surface area contributed by atoms with Gasteiger partial charge in [-0.2, -0.15) is 0 Å². The van der Waals surface area contributed by atoms with Gasteiger partial charge in [-0.05, 0) is 80.9 Å². The van der Waals surface area contributed by atoms with Gasteiger partial charge in [-0.1, -0.05) is 18.2 Å². The van der Waals surface area contributed by atoms with E-state index in [9.17, 15) is 4.79 Å². The van der Waals surface area contributed by atoms with E-state index in [0.29, 0.717) is 0 Å². The number of rotatable bonds is 4. The molecule has 1 aromatic carbocycles. The molecule has 1 N–H and O–H groups in total. The Hall–Kier alpha value is -2.20. The molecule has 1 aromatic heterocycles. The minimum atomic E-state index is 0.108. The van der Waals surface area contributed by atoms with Crippen LogP contribution in [0, 0.1) is 5.92 Å². The molecule has 0 radical (unpaired) electrons. The summed E-state index contributed by atoms with van der Waals surface area (Å²) in [6.45, 7) is 3.05. The maximum atomic E-state index is 13.2. The van der Waals surface area contributed by atoms with Crippen LogP contribution in [0.3, 0.4) is 0 Å². The molecule has 3 heterocycles. The normalized spacial score (nSPS) is 21.1. The number of amides is 1. The lowest BCUT2D eigenvalue weighted by molar-refractivity contribution is 0.0733. The van der Waals surface area contributed by atoms with Crippen LogP contribution < -0.4 is 5.32 Å². The van der Waals surface area contributed by atoms with E-state index < -0.39 is 0 Å². The van der Waals surface area contributed by atoms with Crippen LogP contribution in [0.1, 0.15) is 53.3 Å². The number of hydrogen-bond acceptors (Lipinski definition) is 3. The molecule has 2 fully saturated rings. The minimum absolute atomic E-state index is 0.108. The van der Waals surface area contributed by atoms with Crippen LogP contribution in [0.5, 0.6) is 0 Å². The summed E-state index contributed by atoms with van der Waals surface area (Å²) in [5.74, 6) is 0.875. The second kappa shape index (κ2) is 8.00. The summed E-state index contributed by atoms with van der Waals surface area (Å²) in [7, 11) is 0. The number of nitrogens with zero attached hydrogens (tertiary/aromatic N) is 2. The van der Waals surface area contributed by atoms with Gasteiger partial charge in [-0.15, -0.1) is 0 Å². The largest absolute Gasteiger partial charge is 0.330 e. The van der Waals surface area contributed by atoms with Crippen LogP contribution in [-0.4, -0.2) is 35.4 Å². The number of pyridine rings is 1. The van der Waals surface area contributed by atoms with E-state index in [1.54, 1.807) is 0 Å².